The highest BCUT2D eigenvalue weighted by atomic mass is 35.5. The molecule has 6 heteroatoms. The Morgan fingerprint density at radius 1 is 0.957 bits per heavy atom. The number of sulfonamides is 1. The predicted octanol–water partition coefficient (Wildman–Crippen LogP) is 4.30. The summed E-state index contributed by atoms with van der Waals surface area (Å²) in [5.41, 5.74) is 0.351. The minimum atomic E-state index is -3.71. The molecule has 0 fully saturated rings. The van der Waals surface area contributed by atoms with Gasteiger partial charge in [0.15, 0.2) is 0 Å². The van der Waals surface area contributed by atoms with E-state index in [4.69, 9.17) is 16.3 Å². The summed E-state index contributed by atoms with van der Waals surface area (Å²) >= 11 is 6.01. The molecule has 0 aromatic heterocycles. The van der Waals surface area contributed by atoms with Crippen molar-refractivity contribution < 1.29 is 13.2 Å². The Morgan fingerprint density at radius 2 is 1.65 bits per heavy atom. The van der Waals surface area contributed by atoms with E-state index in [1.807, 2.05) is 12.1 Å². The van der Waals surface area contributed by atoms with Gasteiger partial charge in [0.25, 0.3) is 10.0 Å². The van der Waals surface area contributed by atoms with Crippen molar-refractivity contribution in [3.05, 3.63) is 65.7 Å². The second-order valence-electron chi connectivity index (χ2n) is 4.96. The van der Waals surface area contributed by atoms with E-state index in [-0.39, 0.29) is 4.90 Å². The first-order valence-corrected chi connectivity index (χ1v) is 8.71. The fourth-order valence-electron chi connectivity index (χ4n) is 2.24. The molecule has 0 heterocycles. The van der Waals surface area contributed by atoms with Crippen molar-refractivity contribution in [2.45, 2.75) is 4.90 Å². The summed E-state index contributed by atoms with van der Waals surface area (Å²) in [7, 11) is -2.12. The quantitative estimate of drug-likeness (QED) is 0.765. The van der Waals surface area contributed by atoms with Crippen LogP contribution < -0.4 is 9.46 Å². The van der Waals surface area contributed by atoms with Crippen molar-refractivity contribution in [3.8, 4) is 5.75 Å². The molecule has 3 rings (SSSR count). The van der Waals surface area contributed by atoms with Gasteiger partial charge in [0.2, 0.25) is 0 Å². The van der Waals surface area contributed by atoms with Crippen molar-refractivity contribution in [3.63, 3.8) is 0 Å². The van der Waals surface area contributed by atoms with Crippen molar-refractivity contribution in [1.82, 2.24) is 0 Å². The van der Waals surface area contributed by atoms with E-state index in [0.717, 1.165) is 16.5 Å². The lowest BCUT2D eigenvalue weighted by atomic mass is 10.1. The van der Waals surface area contributed by atoms with Gasteiger partial charge in [0.1, 0.15) is 5.75 Å². The summed E-state index contributed by atoms with van der Waals surface area (Å²) in [5.74, 6) is 0.724. The summed E-state index contributed by atoms with van der Waals surface area (Å²) < 4.78 is 32.7. The molecule has 118 valence electrons. The van der Waals surface area contributed by atoms with Crippen LogP contribution in [0.25, 0.3) is 10.8 Å². The molecule has 0 aliphatic rings. The maximum absolute atomic E-state index is 12.5. The summed E-state index contributed by atoms with van der Waals surface area (Å²) in [6.07, 6.45) is 0. The zero-order valence-electron chi connectivity index (χ0n) is 12.3. The van der Waals surface area contributed by atoms with Crippen molar-refractivity contribution in [2.24, 2.45) is 0 Å². The van der Waals surface area contributed by atoms with E-state index < -0.39 is 10.0 Å². The molecule has 3 aromatic rings. The van der Waals surface area contributed by atoms with Gasteiger partial charge < -0.3 is 4.74 Å². The molecule has 0 saturated carbocycles. The normalized spacial score (nSPS) is 11.4. The van der Waals surface area contributed by atoms with Gasteiger partial charge in [-0.1, -0.05) is 35.9 Å². The number of hydrogen-bond donors (Lipinski definition) is 1. The third kappa shape index (κ3) is 3.25. The Kier molecular flexibility index (Phi) is 4.15. The lowest BCUT2D eigenvalue weighted by Crippen LogP contribution is -2.13. The van der Waals surface area contributed by atoms with Crippen LogP contribution in [-0.4, -0.2) is 15.5 Å². The minimum absolute atomic E-state index is 0.176. The van der Waals surface area contributed by atoms with Gasteiger partial charge in [-0.3, -0.25) is 4.72 Å². The van der Waals surface area contributed by atoms with E-state index >= 15 is 0 Å². The molecule has 0 aliphatic heterocycles. The van der Waals surface area contributed by atoms with Crippen molar-refractivity contribution >= 4 is 38.1 Å². The van der Waals surface area contributed by atoms with Gasteiger partial charge in [-0.05, 0) is 47.2 Å². The highest BCUT2D eigenvalue weighted by Crippen LogP contribution is 2.27. The molecule has 3 aromatic carbocycles. The predicted molar refractivity (Wildman–Crippen MR) is 92.8 cm³/mol. The van der Waals surface area contributed by atoms with Crippen molar-refractivity contribution in [1.29, 1.82) is 0 Å². The SMILES string of the molecule is COc1ccc2cc(S(=O)(=O)Nc3ccccc3Cl)ccc2c1. The Balaban J connectivity index is 2.00. The Morgan fingerprint density at radius 3 is 2.39 bits per heavy atom. The second kappa shape index (κ2) is 6.10. The zero-order chi connectivity index (χ0) is 16.4. The molecule has 0 unspecified atom stereocenters. The fourth-order valence-corrected chi connectivity index (χ4v) is 3.60. The summed E-state index contributed by atoms with van der Waals surface area (Å²) in [6, 6.07) is 17.1. The first-order chi connectivity index (χ1) is 11.0. The van der Waals surface area contributed by atoms with Crippen LogP contribution in [0.2, 0.25) is 5.02 Å². The third-order valence-corrected chi connectivity index (χ3v) is 5.14. The molecule has 0 bridgehead atoms. The molecule has 0 spiro atoms. The van der Waals surface area contributed by atoms with Gasteiger partial charge >= 0.3 is 0 Å². The number of rotatable bonds is 4. The number of methoxy groups -OCH3 is 1. The molecule has 0 saturated heterocycles. The largest absolute Gasteiger partial charge is 0.497 e. The van der Waals surface area contributed by atoms with E-state index in [0.29, 0.717) is 10.7 Å². The van der Waals surface area contributed by atoms with Crippen LogP contribution in [0.4, 0.5) is 5.69 Å². The summed E-state index contributed by atoms with van der Waals surface area (Å²) in [6.45, 7) is 0. The van der Waals surface area contributed by atoms with Gasteiger partial charge in [0, 0.05) is 0 Å². The van der Waals surface area contributed by atoms with Crippen LogP contribution >= 0.6 is 11.6 Å². The van der Waals surface area contributed by atoms with Crippen LogP contribution in [-0.2, 0) is 10.0 Å². The second-order valence-corrected chi connectivity index (χ2v) is 7.05. The van der Waals surface area contributed by atoms with Crippen LogP contribution in [0.5, 0.6) is 5.75 Å². The lowest BCUT2D eigenvalue weighted by Gasteiger charge is -2.10. The maximum atomic E-state index is 12.5. The van der Waals surface area contributed by atoms with E-state index in [2.05, 4.69) is 4.72 Å². The lowest BCUT2D eigenvalue weighted by molar-refractivity contribution is 0.415. The fraction of sp³-hybridized carbons (Fsp3) is 0.0588. The first kappa shape index (κ1) is 15.6. The van der Waals surface area contributed by atoms with E-state index in [1.54, 1.807) is 55.6 Å². The Hall–Kier alpha value is -2.24. The molecule has 0 amide bonds. The van der Waals surface area contributed by atoms with Gasteiger partial charge in [-0.25, -0.2) is 8.42 Å². The highest BCUT2D eigenvalue weighted by Gasteiger charge is 2.16. The smallest absolute Gasteiger partial charge is 0.261 e. The highest BCUT2D eigenvalue weighted by molar-refractivity contribution is 7.92. The maximum Gasteiger partial charge on any atom is 0.261 e. The molecule has 0 atom stereocenters. The summed E-state index contributed by atoms with van der Waals surface area (Å²) in [4.78, 5) is 0.176. The number of fused-ring (bicyclic) bond motifs is 1. The standard InChI is InChI=1S/C17H14ClNO3S/c1-22-14-8-6-13-11-15(9-7-12(13)10-14)23(20,21)19-17-5-3-2-4-16(17)18/h2-11,19H,1H3. The minimum Gasteiger partial charge on any atom is -0.497 e. The zero-order valence-corrected chi connectivity index (χ0v) is 13.9. The van der Waals surface area contributed by atoms with E-state index in [9.17, 15) is 8.42 Å². The number of ether oxygens (including phenoxy) is 1. The van der Waals surface area contributed by atoms with Gasteiger partial charge in [-0.15, -0.1) is 0 Å². The molecule has 4 nitrogen and oxygen atoms in total. The monoisotopic (exact) mass is 347 g/mol. The molecule has 23 heavy (non-hydrogen) atoms. The van der Waals surface area contributed by atoms with Gasteiger partial charge in [-0.2, -0.15) is 0 Å². The number of nitrogens with one attached hydrogen (secondary N) is 1. The number of hydrogen-bond acceptors (Lipinski definition) is 3. The molecule has 0 aliphatic carbocycles. The average Bonchev–Trinajstić information content (AvgIpc) is 2.55. The Bertz CT molecular complexity index is 970. The first-order valence-electron chi connectivity index (χ1n) is 6.85. The summed E-state index contributed by atoms with van der Waals surface area (Å²) in [5, 5.41) is 2.07. The molecule has 0 radical (unpaired) electrons. The van der Waals surface area contributed by atoms with Gasteiger partial charge in [0.05, 0.1) is 22.7 Å². The van der Waals surface area contributed by atoms with Crippen molar-refractivity contribution in [2.75, 3.05) is 11.8 Å². The van der Waals surface area contributed by atoms with Crippen LogP contribution in [0, 0.1) is 0 Å². The molecular formula is C17H14ClNO3S. The molecular weight excluding hydrogens is 334 g/mol. The van der Waals surface area contributed by atoms with Crippen LogP contribution in [0.3, 0.4) is 0 Å². The van der Waals surface area contributed by atoms with Crippen LogP contribution in [0.15, 0.2) is 65.6 Å². The molecule has 1 N–H and O–H groups in total. The Labute approximate surface area is 139 Å². The number of para-hydroxylation sites is 1. The number of halogens is 1. The van der Waals surface area contributed by atoms with Crippen LogP contribution in [0.1, 0.15) is 0 Å². The third-order valence-electron chi connectivity index (χ3n) is 3.45. The number of anilines is 1. The topological polar surface area (TPSA) is 55.4 Å². The van der Waals surface area contributed by atoms with E-state index in [1.165, 1.54) is 0 Å². The average molecular weight is 348 g/mol. The number of benzene rings is 3.